The number of pyridine rings is 1. The Kier molecular flexibility index (Phi) is 7.19. The van der Waals surface area contributed by atoms with Crippen molar-refractivity contribution in [2.45, 2.75) is 6.17 Å². The van der Waals surface area contributed by atoms with E-state index in [4.69, 9.17) is 15.0 Å². The van der Waals surface area contributed by atoms with E-state index in [9.17, 15) is 0 Å². The Balaban J connectivity index is 1.03. The Labute approximate surface area is 333 Å². The number of nitrogens with one attached hydrogen (secondary N) is 2. The summed E-state index contributed by atoms with van der Waals surface area (Å²) in [6, 6.07) is 64.7. The first-order valence-corrected chi connectivity index (χ1v) is 19.6. The molecule has 2 N–H and O–H groups in total. The van der Waals surface area contributed by atoms with Crippen molar-refractivity contribution < 1.29 is 0 Å². The molecule has 0 spiro atoms. The van der Waals surface area contributed by atoms with E-state index >= 15 is 0 Å². The van der Waals surface area contributed by atoms with Gasteiger partial charge in [0.1, 0.15) is 17.7 Å². The zero-order valence-electron chi connectivity index (χ0n) is 31.3. The first-order valence-electron chi connectivity index (χ1n) is 19.6. The van der Waals surface area contributed by atoms with Gasteiger partial charge in [-0.05, 0) is 75.3 Å². The second-order valence-corrected chi connectivity index (χ2v) is 15.0. The highest BCUT2D eigenvalue weighted by Crippen LogP contribution is 2.40. The van der Waals surface area contributed by atoms with Crippen LogP contribution in [0.4, 0.5) is 0 Å². The molecule has 272 valence electrons. The van der Waals surface area contributed by atoms with Crippen LogP contribution in [0, 0.1) is 0 Å². The third kappa shape index (κ3) is 5.09. The van der Waals surface area contributed by atoms with Gasteiger partial charge in [-0.25, -0.2) is 9.98 Å². The number of H-pyrrole nitrogens is 1. The largest absolute Gasteiger partial charge is 0.354 e. The topological polar surface area (TPSA) is 70.4 Å². The Morgan fingerprint density at radius 1 is 0.483 bits per heavy atom. The van der Waals surface area contributed by atoms with E-state index in [-0.39, 0.29) is 6.17 Å². The molecule has 0 bridgehead atoms. The van der Waals surface area contributed by atoms with Crippen LogP contribution in [0.25, 0.3) is 82.0 Å². The molecule has 0 saturated carbocycles. The first-order chi connectivity index (χ1) is 28.7. The molecule has 58 heavy (non-hydrogen) atoms. The molecule has 0 saturated heterocycles. The number of benzene rings is 8. The molecule has 11 aromatic rings. The lowest BCUT2D eigenvalue weighted by Gasteiger charge is -2.23. The number of aromatic amines is 1. The van der Waals surface area contributed by atoms with Gasteiger partial charge in [-0.2, -0.15) is 0 Å². The second-order valence-electron chi connectivity index (χ2n) is 15.0. The van der Waals surface area contributed by atoms with Crippen molar-refractivity contribution in [3.63, 3.8) is 0 Å². The standard InChI is InChI=1S/C52H34N6/c1-3-13-32(14-4-1)50-55-51(33-15-5-2-6-16-33)57-52(56-50)49-48-42-30-34(23-25-43(42)54-44(48)27-28-53-49)35-24-26-46-41(29-35)40-21-11-12-22-45(40)58(46)47-31-36-17-7-8-18-37(36)38-19-9-10-20-39(38)47/h1-31,50,54H,(H,55,56,57). The summed E-state index contributed by atoms with van der Waals surface area (Å²) >= 11 is 0. The zero-order chi connectivity index (χ0) is 38.2. The third-order valence-corrected chi connectivity index (χ3v) is 11.6. The van der Waals surface area contributed by atoms with Gasteiger partial charge < -0.3 is 14.9 Å². The number of nitrogens with zero attached hydrogens (tertiary/aromatic N) is 4. The van der Waals surface area contributed by atoms with E-state index in [0.717, 1.165) is 55.6 Å². The average Bonchev–Trinajstić information content (AvgIpc) is 3.84. The molecular formula is C52H34N6. The maximum atomic E-state index is 5.18. The van der Waals surface area contributed by atoms with Gasteiger partial charge in [-0.1, -0.05) is 140 Å². The Morgan fingerprint density at radius 3 is 2.00 bits per heavy atom. The summed E-state index contributed by atoms with van der Waals surface area (Å²) in [5, 5.41) is 13.1. The molecule has 0 radical (unpaired) electrons. The Hall–Kier alpha value is -7.83. The van der Waals surface area contributed by atoms with E-state index in [1.807, 2.05) is 48.7 Å². The molecule has 0 aliphatic carbocycles. The summed E-state index contributed by atoms with van der Waals surface area (Å²) in [5.74, 6) is 1.36. The Bertz CT molecular complexity index is 3480. The lowest BCUT2D eigenvalue weighted by Crippen LogP contribution is -2.33. The van der Waals surface area contributed by atoms with E-state index in [1.165, 1.54) is 49.0 Å². The second kappa shape index (κ2) is 12.9. The van der Waals surface area contributed by atoms with Crippen molar-refractivity contribution in [3.05, 3.63) is 205 Å². The van der Waals surface area contributed by atoms with Crippen molar-refractivity contribution in [2.75, 3.05) is 0 Å². The van der Waals surface area contributed by atoms with Gasteiger partial charge in [-0.15, -0.1) is 0 Å². The number of rotatable bonds is 5. The minimum atomic E-state index is -0.316. The van der Waals surface area contributed by atoms with Crippen LogP contribution in [0.1, 0.15) is 23.0 Å². The summed E-state index contributed by atoms with van der Waals surface area (Å²) in [6.45, 7) is 0. The first kappa shape index (κ1) is 32.4. The van der Waals surface area contributed by atoms with Crippen LogP contribution in [0.2, 0.25) is 0 Å². The van der Waals surface area contributed by atoms with Crippen molar-refractivity contribution >= 4 is 76.8 Å². The van der Waals surface area contributed by atoms with E-state index < -0.39 is 0 Å². The van der Waals surface area contributed by atoms with Crippen LogP contribution in [-0.2, 0) is 0 Å². The monoisotopic (exact) mass is 742 g/mol. The quantitative estimate of drug-likeness (QED) is 0.172. The molecule has 1 aliphatic heterocycles. The van der Waals surface area contributed by atoms with Crippen molar-refractivity contribution in [1.82, 2.24) is 19.9 Å². The molecule has 1 unspecified atom stereocenters. The van der Waals surface area contributed by atoms with Crippen LogP contribution in [0.3, 0.4) is 0 Å². The maximum absolute atomic E-state index is 5.18. The van der Waals surface area contributed by atoms with Gasteiger partial charge >= 0.3 is 0 Å². The summed E-state index contributed by atoms with van der Waals surface area (Å²) in [5.41, 5.74) is 10.6. The van der Waals surface area contributed by atoms with E-state index in [2.05, 4.69) is 154 Å². The lowest BCUT2D eigenvalue weighted by molar-refractivity contribution is 0.674. The smallest absolute Gasteiger partial charge is 0.178 e. The van der Waals surface area contributed by atoms with E-state index in [0.29, 0.717) is 5.84 Å². The summed E-state index contributed by atoms with van der Waals surface area (Å²) in [4.78, 5) is 18.9. The van der Waals surface area contributed by atoms with Crippen LogP contribution >= 0.6 is 0 Å². The fourth-order valence-electron chi connectivity index (χ4n) is 8.93. The van der Waals surface area contributed by atoms with Gasteiger partial charge in [0.05, 0.1) is 22.2 Å². The van der Waals surface area contributed by atoms with Crippen molar-refractivity contribution in [3.8, 4) is 16.8 Å². The highest BCUT2D eigenvalue weighted by atomic mass is 15.2. The molecule has 1 atom stereocenters. The Morgan fingerprint density at radius 2 is 1.16 bits per heavy atom. The predicted octanol–water partition coefficient (Wildman–Crippen LogP) is 12.3. The molecule has 4 heterocycles. The molecule has 0 amide bonds. The van der Waals surface area contributed by atoms with E-state index in [1.54, 1.807) is 0 Å². The normalized spacial score (nSPS) is 14.4. The fraction of sp³-hybridized carbons (Fsp3) is 0.0192. The molecule has 6 nitrogen and oxygen atoms in total. The SMILES string of the molecule is c1ccc(C2=NC(c3nccc4[nH]c5ccc(-c6ccc7c(c6)c6ccccc6n7-c6cc7ccccc7c7ccccc67)cc5c34)=NC(c3ccccc3)N2)cc1. The van der Waals surface area contributed by atoms with Crippen LogP contribution in [-0.4, -0.2) is 26.2 Å². The minimum absolute atomic E-state index is 0.316. The molecule has 6 heteroatoms. The third-order valence-electron chi connectivity index (χ3n) is 11.6. The predicted molar refractivity (Wildman–Crippen MR) is 240 cm³/mol. The van der Waals surface area contributed by atoms with Gasteiger partial charge in [0.2, 0.25) is 0 Å². The van der Waals surface area contributed by atoms with Crippen molar-refractivity contribution in [1.29, 1.82) is 0 Å². The highest BCUT2D eigenvalue weighted by Gasteiger charge is 2.24. The fourth-order valence-corrected chi connectivity index (χ4v) is 8.93. The number of fused-ring (bicyclic) bond motifs is 9. The number of hydrogen-bond donors (Lipinski definition) is 2. The average molecular weight is 743 g/mol. The number of hydrogen-bond acceptors (Lipinski definition) is 4. The number of aliphatic imine (C=N–C) groups is 2. The van der Waals surface area contributed by atoms with Crippen LogP contribution in [0.5, 0.6) is 0 Å². The summed E-state index contributed by atoms with van der Waals surface area (Å²) in [7, 11) is 0. The van der Waals surface area contributed by atoms with Gasteiger partial charge in [0.15, 0.2) is 5.84 Å². The molecule has 8 aromatic carbocycles. The number of para-hydroxylation sites is 1. The molecule has 3 aromatic heterocycles. The highest BCUT2D eigenvalue weighted by molar-refractivity contribution is 6.22. The maximum Gasteiger partial charge on any atom is 0.178 e. The lowest BCUT2D eigenvalue weighted by atomic mass is 9.99. The molecule has 1 aliphatic rings. The van der Waals surface area contributed by atoms with Gasteiger partial charge in [0.25, 0.3) is 0 Å². The summed E-state index contributed by atoms with van der Waals surface area (Å²) in [6.07, 6.45) is 1.53. The molecular weight excluding hydrogens is 709 g/mol. The van der Waals surface area contributed by atoms with Crippen LogP contribution in [0.15, 0.2) is 198 Å². The molecule has 0 fully saturated rings. The zero-order valence-corrected chi connectivity index (χ0v) is 31.3. The van der Waals surface area contributed by atoms with Gasteiger partial charge in [0, 0.05) is 44.2 Å². The summed E-state index contributed by atoms with van der Waals surface area (Å²) < 4.78 is 2.44. The minimum Gasteiger partial charge on any atom is -0.354 e. The molecule has 12 rings (SSSR count). The van der Waals surface area contributed by atoms with Crippen molar-refractivity contribution in [2.24, 2.45) is 9.98 Å². The van der Waals surface area contributed by atoms with Gasteiger partial charge in [-0.3, -0.25) is 4.98 Å². The number of amidine groups is 2. The van der Waals surface area contributed by atoms with Crippen LogP contribution < -0.4 is 5.32 Å². The number of aromatic nitrogens is 3.